The minimum Gasteiger partial charge on any atom is -0.341 e. The molecule has 0 aliphatic carbocycles. The summed E-state index contributed by atoms with van der Waals surface area (Å²) >= 11 is 1.47. The Hall–Kier alpha value is -2.29. The summed E-state index contributed by atoms with van der Waals surface area (Å²) in [5, 5.41) is 5.63. The maximum absolute atomic E-state index is 12.8. The lowest BCUT2D eigenvalue weighted by Crippen LogP contribution is -2.52. The average Bonchev–Trinajstić information content (AvgIpc) is 3.21. The summed E-state index contributed by atoms with van der Waals surface area (Å²) in [6.45, 7) is 16.6. The third kappa shape index (κ3) is 6.68. The summed E-state index contributed by atoms with van der Waals surface area (Å²) in [4.78, 5) is 36.6. The van der Waals surface area contributed by atoms with Gasteiger partial charge in [-0.15, -0.1) is 11.3 Å². The predicted octanol–water partition coefficient (Wildman–Crippen LogP) is 3.80. The standard InChI is InChI=1S/C27H39N5O2S/c1-18-11-21(4)26(22(5)12-18)23-17-35-27(28-23)29-24(33)15-30-6-8-31(9-7-30)16-25(34)32-13-19(2)10-20(3)14-32/h11-12,17,19-20H,6-10,13-16H2,1-5H3,(H,28,29,33). The number of nitrogens with zero attached hydrogens (tertiary/aromatic N) is 4. The second kappa shape index (κ2) is 11.2. The van der Waals surface area contributed by atoms with Crippen molar-refractivity contribution >= 4 is 28.3 Å². The van der Waals surface area contributed by atoms with Gasteiger partial charge >= 0.3 is 0 Å². The lowest BCUT2D eigenvalue weighted by Gasteiger charge is -2.38. The highest BCUT2D eigenvalue weighted by molar-refractivity contribution is 7.14. The highest BCUT2D eigenvalue weighted by Crippen LogP contribution is 2.31. The second-order valence-corrected chi connectivity index (χ2v) is 11.5. The van der Waals surface area contributed by atoms with Gasteiger partial charge in [0.2, 0.25) is 11.8 Å². The van der Waals surface area contributed by atoms with Gasteiger partial charge in [-0.05, 0) is 50.2 Å². The van der Waals surface area contributed by atoms with Crippen molar-refractivity contribution in [3.8, 4) is 11.3 Å². The summed E-state index contributed by atoms with van der Waals surface area (Å²) in [6, 6.07) is 4.33. The number of aryl methyl sites for hydroxylation is 3. The number of hydrogen-bond donors (Lipinski definition) is 1. The van der Waals surface area contributed by atoms with Gasteiger partial charge in [-0.1, -0.05) is 31.5 Å². The smallest absolute Gasteiger partial charge is 0.240 e. The number of carbonyl (C=O) groups excluding carboxylic acids is 2. The van der Waals surface area contributed by atoms with Crippen LogP contribution in [0.1, 0.15) is 37.0 Å². The second-order valence-electron chi connectivity index (χ2n) is 10.7. The first kappa shape index (κ1) is 25.8. The van der Waals surface area contributed by atoms with Crippen LogP contribution in [0.15, 0.2) is 17.5 Å². The number of likely N-dealkylation sites (tertiary alicyclic amines) is 1. The van der Waals surface area contributed by atoms with E-state index in [1.165, 1.54) is 34.4 Å². The Labute approximate surface area is 213 Å². The molecule has 2 aliphatic heterocycles. The first-order valence-corrected chi connectivity index (χ1v) is 13.6. The molecule has 2 aromatic rings. The minimum atomic E-state index is -0.0379. The lowest BCUT2D eigenvalue weighted by molar-refractivity contribution is -0.135. The third-order valence-corrected chi connectivity index (χ3v) is 7.85. The van der Waals surface area contributed by atoms with E-state index in [2.05, 4.69) is 66.9 Å². The van der Waals surface area contributed by atoms with Gasteiger partial charge in [0.1, 0.15) is 0 Å². The van der Waals surface area contributed by atoms with Crippen molar-refractivity contribution < 1.29 is 9.59 Å². The van der Waals surface area contributed by atoms with Gasteiger partial charge < -0.3 is 10.2 Å². The molecule has 0 radical (unpaired) electrons. The molecule has 4 rings (SSSR count). The van der Waals surface area contributed by atoms with Crippen LogP contribution < -0.4 is 5.32 Å². The van der Waals surface area contributed by atoms with Crippen LogP contribution in [0.25, 0.3) is 11.3 Å². The van der Waals surface area contributed by atoms with Crippen molar-refractivity contribution in [2.75, 3.05) is 57.7 Å². The molecule has 2 unspecified atom stereocenters. The zero-order chi connectivity index (χ0) is 25.1. The van der Waals surface area contributed by atoms with Crippen LogP contribution >= 0.6 is 11.3 Å². The Morgan fingerprint density at radius 1 is 0.971 bits per heavy atom. The van der Waals surface area contributed by atoms with E-state index in [0.717, 1.165) is 50.5 Å². The molecule has 2 atom stereocenters. The molecule has 1 aromatic carbocycles. The molecular formula is C27H39N5O2S. The highest BCUT2D eigenvalue weighted by Gasteiger charge is 2.28. The number of piperidine rings is 1. The fraction of sp³-hybridized carbons (Fsp3) is 0.593. The molecule has 0 spiro atoms. The quantitative estimate of drug-likeness (QED) is 0.658. The van der Waals surface area contributed by atoms with Crippen LogP contribution in [0.4, 0.5) is 5.13 Å². The molecule has 7 nitrogen and oxygen atoms in total. The van der Waals surface area contributed by atoms with Crippen LogP contribution in [0.5, 0.6) is 0 Å². The van der Waals surface area contributed by atoms with E-state index in [1.54, 1.807) is 0 Å². The van der Waals surface area contributed by atoms with Crippen LogP contribution in [0.2, 0.25) is 0 Å². The average molecular weight is 498 g/mol. The zero-order valence-corrected chi connectivity index (χ0v) is 22.6. The minimum absolute atomic E-state index is 0.0379. The van der Waals surface area contributed by atoms with Crippen LogP contribution in [0, 0.1) is 32.6 Å². The Morgan fingerprint density at radius 2 is 1.54 bits per heavy atom. The fourth-order valence-electron chi connectivity index (χ4n) is 5.66. The first-order valence-electron chi connectivity index (χ1n) is 12.7. The molecule has 0 bridgehead atoms. The Balaban J connectivity index is 1.23. The molecule has 1 aromatic heterocycles. The normalized spacial score (nSPS) is 21.8. The molecule has 2 fully saturated rings. The first-order chi connectivity index (χ1) is 16.7. The van der Waals surface area contributed by atoms with Gasteiger partial charge in [0, 0.05) is 50.2 Å². The van der Waals surface area contributed by atoms with Gasteiger partial charge in [-0.3, -0.25) is 19.4 Å². The number of anilines is 1. The number of hydrogen-bond acceptors (Lipinski definition) is 6. The molecular weight excluding hydrogens is 458 g/mol. The molecule has 2 amide bonds. The zero-order valence-electron chi connectivity index (χ0n) is 21.8. The van der Waals surface area contributed by atoms with E-state index in [0.29, 0.717) is 30.1 Å². The van der Waals surface area contributed by atoms with Crippen molar-refractivity contribution in [1.29, 1.82) is 0 Å². The molecule has 0 saturated carbocycles. The van der Waals surface area contributed by atoms with E-state index in [4.69, 9.17) is 0 Å². The number of benzene rings is 1. The number of carbonyl (C=O) groups is 2. The van der Waals surface area contributed by atoms with Crippen molar-refractivity contribution in [1.82, 2.24) is 19.7 Å². The van der Waals surface area contributed by atoms with Gasteiger partial charge in [0.05, 0.1) is 18.8 Å². The fourth-order valence-corrected chi connectivity index (χ4v) is 6.37. The van der Waals surface area contributed by atoms with E-state index in [1.807, 2.05) is 10.3 Å². The Morgan fingerprint density at radius 3 is 2.14 bits per heavy atom. The third-order valence-electron chi connectivity index (χ3n) is 7.10. The number of nitrogens with one attached hydrogen (secondary N) is 1. The van der Waals surface area contributed by atoms with Crippen molar-refractivity contribution in [3.05, 3.63) is 34.2 Å². The van der Waals surface area contributed by atoms with Gasteiger partial charge in [0.25, 0.3) is 0 Å². The van der Waals surface area contributed by atoms with Gasteiger partial charge in [0.15, 0.2) is 5.13 Å². The topological polar surface area (TPSA) is 68.8 Å². The van der Waals surface area contributed by atoms with E-state index < -0.39 is 0 Å². The van der Waals surface area contributed by atoms with Crippen molar-refractivity contribution in [2.45, 2.75) is 41.0 Å². The monoisotopic (exact) mass is 497 g/mol. The molecule has 3 heterocycles. The van der Waals surface area contributed by atoms with Crippen molar-refractivity contribution in [2.24, 2.45) is 11.8 Å². The van der Waals surface area contributed by atoms with Crippen LogP contribution in [-0.2, 0) is 9.59 Å². The summed E-state index contributed by atoms with van der Waals surface area (Å²) in [6.07, 6.45) is 1.21. The number of piperazine rings is 1. The van der Waals surface area contributed by atoms with E-state index in [9.17, 15) is 9.59 Å². The molecule has 1 N–H and O–H groups in total. The van der Waals surface area contributed by atoms with Gasteiger partial charge in [-0.2, -0.15) is 0 Å². The Kier molecular flexibility index (Phi) is 8.24. The summed E-state index contributed by atoms with van der Waals surface area (Å²) in [5.74, 6) is 1.37. The molecule has 8 heteroatoms. The largest absolute Gasteiger partial charge is 0.341 e. The van der Waals surface area contributed by atoms with Gasteiger partial charge in [-0.25, -0.2) is 4.98 Å². The molecule has 2 saturated heterocycles. The van der Waals surface area contributed by atoms with Crippen LogP contribution in [0.3, 0.4) is 0 Å². The lowest BCUT2D eigenvalue weighted by atomic mass is 9.92. The summed E-state index contributed by atoms with van der Waals surface area (Å²) < 4.78 is 0. The summed E-state index contributed by atoms with van der Waals surface area (Å²) in [7, 11) is 0. The number of aromatic nitrogens is 1. The highest BCUT2D eigenvalue weighted by atomic mass is 32.1. The van der Waals surface area contributed by atoms with Crippen molar-refractivity contribution in [3.63, 3.8) is 0 Å². The number of rotatable bonds is 6. The number of amides is 2. The Bertz CT molecular complexity index is 1030. The number of thiazole rings is 1. The molecule has 190 valence electrons. The molecule has 35 heavy (non-hydrogen) atoms. The van der Waals surface area contributed by atoms with E-state index >= 15 is 0 Å². The van der Waals surface area contributed by atoms with E-state index in [-0.39, 0.29) is 11.8 Å². The summed E-state index contributed by atoms with van der Waals surface area (Å²) in [5.41, 5.74) is 5.70. The van der Waals surface area contributed by atoms with Crippen LogP contribution in [-0.4, -0.2) is 83.9 Å². The maximum atomic E-state index is 12.8. The molecule has 2 aliphatic rings. The maximum Gasteiger partial charge on any atom is 0.240 e. The predicted molar refractivity (Wildman–Crippen MR) is 143 cm³/mol. The SMILES string of the molecule is Cc1cc(C)c(-c2csc(NC(=O)CN3CCN(CC(=O)N4CC(C)CC(C)C4)CC3)n2)c(C)c1.